The zero-order chi connectivity index (χ0) is 21.0. The Kier molecular flexibility index (Phi) is 5.98. The molecular formula is C24H26N4O. The van der Waals surface area contributed by atoms with E-state index in [0.717, 1.165) is 11.3 Å². The zero-order valence-electron chi connectivity index (χ0n) is 17.2. The van der Waals surface area contributed by atoms with E-state index in [2.05, 4.69) is 53.2 Å². The summed E-state index contributed by atoms with van der Waals surface area (Å²) in [6.45, 7) is 10.1. The number of aromatic nitrogens is 1. The quantitative estimate of drug-likeness (QED) is 0.474. The molecule has 29 heavy (non-hydrogen) atoms. The Balaban J connectivity index is 1.92. The van der Waals surface area contributed by atoms with Gasteiger partial charge in [0.15, 0.2) is 0 Å². The van der Waals surface area contributed by atoms with Crippen LogP contribution in [0.1, 0.15) is 22.3 Å². The first-order valence-electron chi connectivity index (χ1n) is 9.41. The first kappa shape index (κ1) is 20.1. The molecule has 0 fully saturated rings. The van der Waals surface area contributed by atoms with Gasteiger partial charge in [-0.1, -0.05) is 36.4 Å². The van der Waals surface area contributed by atoms with Crippen molar-refractivity contribution in [2.45, 2.75) is 20.8 Å². The van der Waals surface area contributed by atoms with Gasteiger partial charge in [-0.15, -0.1) is 0 Å². The fraction of sp³-hybridized carbons (Fsp3) is 0.167. The van der Waals surface area contributed by atoms with Crippen LogP contribution in [-0.2, 0) is 0 Å². The van der Waals surface area contributed by atoms with E-state index in [1.807, 2.05) is 37.3 Å². The number of benzene rings is 2. The molecule has 1 heterocycles. The third-order valence-corrected chi connectivity index (χ3v) is 4.80. The van der Waals surface area contributed by atoms with E-state index >= 15 is 0 Å². The average Bonchev–Trinajstić information content (AvgIpc) is 2.71. The van der Waals surface area contributed by atoms with E-state index in [0.29, 0.717) is 22.2 Å². The highest BCUT2D eigenvalue weighted by atomic mass is 16.3. The molecule has 0 atom stereocenters. The normalized spacial score (nSPS) is 12.1. The smallest absolute Gasteiger partial charge is 0.142 e. The van der Waals surface area contributed by atoms with Gasteiger partial charge in [0.2, 0.25) is 0 Å². The predicted octanol–water partition coefficient (Wildman–Crippen LogP) is 3.46. The van der Waals surface area contributed by atoms with Gasteiger partial charge in [-0.25, -0.2) is 4.98 Å². The number of aliphatic imine (C=N–C) groups is 1. The molecule has 0 spiro atoms. The van der Waals surface area contributed by atoms with Gasteiger partial charge in [0.1, 0.15) is 17.4 Å². The number of rotatable bonds is 4. The molecule has 0 saturated carbocycles. The minimum Gasteiger partial charge on any atom is -0.507 e. The highest BCUT2D eigenvalue weighted by molar-refractivity contribution is 6.08. The van der Waals surface area contributed by atoms with E-state index in [1.165, 1.54) is 16.7 Å². The number of hydrogen-bond acceptors (Lipinski definition) is 4. The van der Waals surface area contributed by atoms with Crippen LogP contribution in [0.5, 0.6) is 5.75 Å². The average molecular weight is 386 g/mol. The second kappa shape index (κ2) is 8.61. The number of nitrogens with zero attached hydrogens (tertiary/aromatic N) is 2. The molecule has 3 N–H and O–H groups in total. The Morgan fingerprint density at radius 2 is 1.76 bits per heavy atom. The lowest BCUT2D eigenvalue weighted by molar-refractivity contribution is 0.470. The molecule has 3 rings (SSSR count). The molecule has 5 nitrogen and oxygen atoms in total. The van der Waals surface area contributed by atoms with Crippen LogP contribution in [0.15, 0.2) is 53.5 Å². The lowest BCUT2D eigenvalue weighted by Gasteiger charge is -2.12. The van der Waals surface area contributed by atoms with Gasteiger partial charge in [-0.2, -0.15) is 0 Å². The zero-order valence-corrected chi connectivity index (χ0v) is 17.2. The SMILES string of the molecule is C=c1c(O)c/c(=C/Nc2ccc(C)cc2)nc1NC(=NC)c1ccc(C)c(C)c1. The molecule has 0 amide bonds. The fourth-order valence-electron chi connectivity index (χ4n) is 2.82. The molecule has 0 aliphatic rings. The Labute approximate surface area is 171 Å². The number of aryl methyl sites for hydroxylation is 3. The first-order chi connectivity index (χ1) is 13.9. The summed E-state index contributed by atoms with van der Waals surface area (Å²) < 4.78 is 0. The second-order valence-corrected chi connectivity index (χ2v) is 7.04. The van der Waals surface area contributed by atoms with Gasteiger partial charge < -0.3 is 15.7 Å². The number of nitrogens with one attached hydrogen (secondary N) is 2. The van der Waals surface area contributed by atoms with Crippen molar-refractivity contribution in [2.75, 3.05) is 17.7 Å². The number of anilines is 2. The van der Waals surface area contributed by atoms with Gasteiger partial charge in [0.05, 0.1) is 10.6 Å². The molecule has 0 aliphatic heterocycles. The lowest BCUT2D eigenvalue weighted by atomic mass is 10.1. The van der Waals surface area contributed by atoms with Crippen molar-refractivity contribution in [1.82, 2.24) is 4.98 Å². The van der Waals surface area contributed by atoms with Crippen LogP contribution in [0.2, 0.25) is 0 Å². The Morgan fingerprint density at radius 1 is 1.03 bits per heavy atom. The summed E-state index contributed by atoms with van der Waals surface area (Å²) in [7, 11) is 1.72. The third-order valence-electron chi connectivity index (χ3n) is 4.80. The van der Waals surface area contributed by atoms with Crippen LogP contribution in [0.3, 0.4) is 0 Å². The Bertz CT molecular complexity index is 1160. The molecular weight excluding hydrogens is 360 g/mol. The van der Waals surface area contributed by atoms with Crippen LogP contribution < -0.4 is 21.2 Å². The van der Waals surface area contributed by atoms with Gasteiger partial charge in [0.25, 0.3) is 0 Å². The molecule has 3 aromatic rings. The molecule has 0 saturated heterocycles. The Hall–Kier alpha value is -3.60. The number of hydrogen-bond donors (Lipinski definition) is 3. The fourth-order valence-corrected chi connectivity index (χ4v) is 2.82. The highest BCUT2D eigenvalue weighted by Gasteiger charge is 2.08. The molecule has 0 radical (unpaired) electrons. The van der Waals surface area contributed by atoms with Crippen LogP contribution in [0.25, 0.3) is 12.8 Å². The van der Waals surface area contributed by atoms with E-state index in [9.17, 15) is 5.11 Å². The van der Waals surface area contributed by atoms with Crippen LogP contribution in [0, 0.1) is 20.8 Å². The van der Waals surface area contributed by atoms with E-state index in [4.69, 9.17) is 0 Å². The number of pyridine rings is 1. The van der Waals surface area contributed by atoms with Crippen molar-refractivity contribution in [2.24, 2.45) is 4.99 Å². The maximum Gasteiger partial charge on any atom is 0.142 e. The van der Waals surface area contributed by atoms with Crippen molar-refractivity contribution >= 4 is 30.1 Å². The topological polar surface area (TPSA) is 69.5 Å². The first-order valence-corrected chi connectivity index (χ1v) is 9.41. The summed E-state index contributed by atoms with van der Waals surface area (Å²) >= 11 is 0. The highest BCUT2D eigenvalue weighted by Crippen LogP contribution is 2.12. The van der Waals surface area contributed by atoms with Crippen LogP contribution in [0.4, 0.5) is 11.5 Å². The minimum atomic E-state index is 0.0648. The van der Waals surface area contributed by atoms with Crippen molar-refractivity contribution in [3.05, 3.63) is 81.4 Å². The molecule has 0 bridgehead atoms. The van der Waals surface area contributed by atoms with E-state index < -0.39 is 0 Å². The largest absolute Gasteiger partial charge is 0.507 e. The summed E-state index contributed by atoms with van der Waals surface area (Å²) in [5, 5.41) is 17.7. The predicted molar refractivity (Wildman–Crippen MR) is 122 cm³/mol. The van der Waals surface area contributed by atoms with Gasteiger partial charge in [-0.05, 0) is 50.1 Å². The maximum absolute atomic E-state index is 10.3. The minimum absolute atomic E-state index is 0.0648. The Morgan fingerprint density at radius 3 is 2.41 bits per heavy atom. The summed E-state index contributed by atoms with van der Waals surface area (Å²) in [5.41, 5.74) is 5.48. The van der Waals surface area contributed by atoms with Crippen LogP contribution in [-0.4, -0.2) is 23.0 Å². The number of aromatic hydroxyl groups is 1. The van der Waals surface area contributed by atoms with E-state index in [-0.39, 0.29) is 5.75 Å². The van der Waals surface area contributed by atoms with Crippen LogP contribution >= 0.6 is 0 Å². The number of amidine groups is 1. The maximum atomic E-state index is 10.3. The summed E-state index contributed by atoms with van der Waals surface area (Å²) in [4.78, 5) is 8.94. The summed E-state index contributed by atoms with van der Waals surface area (Å²) in [6, 6.07) is 15.7. The standard InChI is InChI=1S/C24H26N4O/c1-15-6-10-20(11-7-15)26-14-21-13-22(29)18(4)23(27-21)28-24(25-5)19-9-8-16(2)17(3)12-19/h6-14,26,29H,4H2,1-3,5H3,(H,25,27,28)/b21-14-. The third kappa shape index (κ3) is 4.82. The van der Waals surface area contributed by atoms with Crippen molar-refractivity contribution in [3.8, 4) is 5.75 Å². The molecule has 0 aliphatic carbocycles. The second-order valence-electron chi connectivity index (χ2n) is 7.04. The monoisotopic (exact) mass is 386 g/mol. The molecule has 1 aromatic heterocycles. The van der Waals surface area contributed by atoms with Gasteiger partial charge in [-0.3, -0.25) is 4.99 Å². The molecule has 2 aromatic carbocycles. The lowest BCUT2D eigenvalue weighted by Crippen LogP contribution is -2.25. The van der Waals surface area contributed by atoms with Crippen molar-refractivity contribution < 1.29 is 5.11 Å². The summed E-state index contributed by atoms with van der Waals surface area (Å²) in [5.74, 6) is 1.18. The van der Waals surface area contributed by atoms with E-state index in [1.54, 1.807) is 19.3 Å². The van der Waals surface area contributed by atoms with Crippen molar-refractivity contribution in [1.29, 1.82) is 0 Å². The van der Waals surface area contributed by atoms with Gasteiger partial charge in [0, 0.05) is 30.6 Å². The van der Waals surface area contributed by atoms with Gasteiger partial charge >= 0.3 is 0 Å². The summed E-state index contributed by atoms with van der Waals surface area (Å²) in [6.07, 6.45) is 1.74. The molecule has 0 unspecified atom stereocenters. The molecule has 5 heteroatoms. The molecule has 148 valence electrons. The van der Waals surface area contributed by atoms with Crippen molar-refractivity contribution in [3.63, 3.8) is 0 Å².